The fourth-order valence-electron chi connectivity index (χ4n) is 2.94. The molecule has 2 saturated heterocycles. The molecule has 0 aromatic carbocycles. The van der Waals surface area contributed by atoms with Crippen LogP contribution in [-0.4, -0.2) is 72.3 Å². The number of thiazole rings is 1. The van der Waals surface area contributed by atoms with E-state index in [1.165, 1.54) is 0 Å². The average Bonchev–Trinajstić information content (AvgIpc) is 2.95. The second kappa shape index (κ2) is 7.04. The number of ether oxygens (including phenoxy) is 2. The number of rotatable bonds is 3. The number of amides is 1. The summed E-state index contributed by atoms with van der Waals surface area (Å²) in [6, 6.07) is 0. The van der Waals surface area contributed by atoms with Gasteiger partial charge in [0.1, 0.15) is 10.7 Å². The molecule has 2 fully saturated rings. The first-order valence-corrected chi connectivity index (χ1v) is 8.69. The zero-order valence-corrected chi connectivity index (χ0v) is 14.0. The Morgan fingerprint density at radius 3 is 2.68 bits per heavy atom. The van der Waals surface area contributed by atoms with Gasteiger partial charge in [-0.15, -0.1) is 11.3 Å². The van der Waals surface area contributed by atoms with Crippen LogP contribution >= 0.6 is 11.3 Å². The lowest BCUT2D eigenvalue weighted by atomic mass is 10.2. The second-order valence-electron chi connectivity index (χ2n) is 5.98. The van der Waals surface area contributed by atoms with Gasteiger partial charge in [-0.2, -0.15) is 0 Å². The summed E-state index contributed by atoms with van der Waals surface area (Å²) >= 11 is 1.56. The van der Waals surface area contributed by atoms with E-state index in [-0.39, 0.29) is 18.1 Å². The maximum atomic E-state index is 12.6. The molecule has 1 aromatic heterocycles. The molecule has 122 valence electrons. The highest BCUT2D eigenvalue weighted by atomic mass is 32.1. The van der Waals surface area contributed by atoms with E-state index in [0.717, 1.165) is 37.9 Å². The molecule has 2 unspecified atom stereocenters. The minimum absolute atomic E-state index is 0.0199. The molecule has 0 aliphatic carbocycles. The summed E-state index contributed by atoms with van der Waals surface area (Å²) in [6.45, 7) is 9.50. The topological polar surface area (TPSA) is 54.9 Å². The molecule has 1 aromatic rings. The van der Waals surface area contributed by atoms with Crippen molar-refractivity contribution in [1.82, 2.24) is 14.8 Å². The third-order valence-corrected chi connectivity index (χ3v) is 4.77. The van der Waals surface area contributed by atoms with Gasteiger partial charge in [0.2, 0.25) is 0 Å². The van der Waals surface area contributed by atoms with E-state index in [1.54, 1.807) is 11.3 Å². The Kier molecular flexibility index (Phi) is 5.07. The Morgan fingerprint density at radius 2 is 2.00 bits per heavy atom. The lowest BCUT2D eigenvalue weighted by Gasteiger charge is -2.34. The van der Waals surface area contributed by atoms with Crippen LogP contribution in [0.15, 0.2) is 5.38 Å². The minimum Gasteiger partial charge on any atom is -0.379 e. The van der Waals surface area contributed by atoms with Crippen molar-refractivity contribution in [3.63, 3.8) is 0 Å². The van der Waals surface area contributed by atoms with Gasteiger partial charge in [0.15, 0.2) is 0 Å². The normalized spacial score (nSPS) is 27.1. The van der Waals surface area contributed by atoms with Crippen molar-refractivity contribution in [2.45, 2.75) is 32.6 Å². The van der Waals surface area contributed by atoms with Crippen molar-refractivity contribution in [1.29, 1.82) is 0 Å². The van der Waals surface area contributed by atoms with Gasteiger partial charge in [0.05, 0.1) is 32.0 Å². The van der Waals surface area contributed by atoms with E-state index >= 15 is 0 Å². The van der Waals surface area contributed by atoms with E-state index in [9.17, 15) is 4.79 Å². The van der Waals surface area contributed by atoms with Gasteiger partial charge >= 0.3 is 0 Å². The standard InChI is InChI=1S/C15H23N3O3S/c1-11-7-18(8-12(2)21-11)15(19)13-10-22-14(16-13)9-17-3-5-20-6-4-17/h10-12H,3-9H2,1-2H3. The van der Waals surface area contributed by atoms with E-state index in [1.807, 2.05) is 24.1 Å². The largest absolute Gasteiger partial charge is 0.379 e. The molecule has 3 rings (SSSR count). The quantitative estimate of drug-likeness (QED) is 0.836. The first-order chi connectivity index (χ1) is 10.6. The van der Waals surface area contributed by atoms with Crippen molar-refractivity contribution in [3.05, 3.63) is 16.1 Å². The molecule has 2 atom stereocenters. The molecule has 6 nitrogen and oxygen atoms in total. The van der Waals surface area contributed by atoms with Crippen LogP contribution in [0.4, 0.5) is 0 Å². The Labute approximate surface area is 135 Å². The molecular formula is C15H23N3O3S. The first kappa shape index (κ1) is 15.9. The minimum atomic E-state index is 0.0199. The average molecular weight is 325 g/mol. The monoisotopic (exact) mass is 325 g/mol. The highest BCUT2D eigenvalue weighted by Gasteiger charge is 2.28. The van der Waals surface area contributed by atoms with Gasteiger partial charge in [-0.3, -0.25) is 9.69 Å². The number of morpholine rings is 2. The van der Waals surface area contributed by atoms with Crippen molar-refractivity contribution >= 4 is 17.2 Å². The lowest BCUT2D eigenvalue weighted by molar-refractivity contribution is -0.0587. The third-order valence-electron chi connectivity index (χ3n) is 3.94. The Hall–Kier alpha value is -1.02. The molecule has 0 bridgehead atoms. The molecule has 0 saturated carbocycles. The Bertz CT molecular complexity index is 506. The summed E-state index contributed by atoms with van der Waals surface area (Å²) in [6.07, 6.45) is 0.165. The van der Waals surface area contributed by atoms with Crippen molar-refractivity contribution in [2.24, 2.45) is 0 Å². The second-order valence-corrected chi connectivity index (χ2v) is 6.93. The van der Waals surface area contributed by atoms with Crippen LogP contribution in [0, 0.1) is 0 Å². The number of nitrogens with zero attached hydrogens (tertiary/aromatic N) is 3. The molecule has 0 radical (unpaired) electrons. The molecule has 2 aliphatic heterocycles. The predicted octanol–water partition coefficient (Wildman–Crippen LogP) is 1.22. The number of hydrogen-bond acceptors (Lipinski definition) is 6. The number of carbonyl (C=O) groups is 1. The SMILES string of the molecule is CC1CN(C(=O)c2csc(CN3CCOCC3)n2)CC(C)O1. The van der Waals surface area contributed by atoms with Crippen LogP contribution in [0.1, 0.15) is 29.3 Å². The maximum absolute atomic E-state index is 12.6. The van der Waals surface area contributed by atoms with Crippen LogP contribution in [0.3, 0.4) is 0 Å². The zero-order valence-electron chi connectivity index (χ0n) is 13.2. The van der Waals surface area contributed by atoms with Gasteiger partial charge in [-0.05, 0) is 13.8 Å². The number of aromatic nitrogens is 1. The van der Waals surface area contributed by atoms with E-state index in [2.05, 4.69) is 9.88 Å². The zero-order chi connectivity index (χ0) is 15.5. The molecule has 0 spiro atoms. The highest BCUT2D eigenvalue weighted by molar-refractivity contribution is 7.09. The van der Waals surface area contributed by atoms with E-state index in [4.69, 9.17) is 9.47 Å². The molecular weight excluding hydrogens is 302 g/mol. The summed E-state index contributed by atoms with van der Waals surface area (Å²) < 4.78 is 11.0. The van der Waals surface area contributed by atoms with Gasteiger partial charge in [0.25, 0.3) is 5.91 Å². The molecule has 7 heteroatoms. The van der Waals surface area contributed by atoms with Crippen LogP contribution in [-0.2, 0) is 16.0 Å². The summed E-state index contributed by atoms with van der Waals surface area (Å²) in [5.41, 5.74) is 0.564. The Morgan fingerprint density at radius 1 is 1.32 bits per heavy atom. The molecule has 22 heavy (non-hydrogen) atoms. The maximum Gasteiger partial charge on any atom is 0.273 e. The summed E-state index contributed by atoms with van der Waals surface area (Å²) in [7, 11) is 0. The predicted molar refractivity (Wildman–Crippen MR) is 84.1 cm³/mol. The van der Waals surface area contributed by atoms with Crippen molar-refractivity contribution < 1.29 is 14.3 Å². The lowest BCUT2D eigenvalue weighted by Crippen LogP contribution is -2.48. The van der Waals surface area contributed by atoms with Crippen molar-refractivity contribution in [3.8, 4) is 0 Å². The van der Waals surface area contributed by atoms with E-state index < -0.39 is 0 Å². The smallest absolute Gasteiger partial charge is 0.273 e. The molecule has 1 amide bonds. The molecule has 0 N–H and O–H groups in total. The fraction of sp³-hybridized carbons (Fsp3) is 0.733. The molecule has 3 heterocycles. The summed E-state index contributed by atoms with van der Waals surface area (Å²) in [4.78, 5) is 21.3. The van der Waals surface area contributed by atoms with Crippen molar-refractivity contribution in [2.75, 3.05) is 39.4 Å². The third kappa shape index (κ3) is 3.84. The van der Waals surface area contributed by atoms with Gasteiger partial charge in [-0.25, -0.2) is 4.98 Å². The Balaban J connectivity index is 1.61. The fourth-order valence-corrected chi connectivity index (χ4v) is 3.75. The van der Waals surface area contributed by atoms with Crippen LogP contribution in [0.2, 0.25) is 0 Å². The number of hydrogen-bond donors (Lipinski definition) is 0. The molecule has 2 aliphatic rings. The highest BCUT2D eigenvalue weighted by Crippen LogP contribution is 2.18. The van der Waals surface area contributed by atoms with E-state index in [0.29, 0.717) is 18.8 Å². The van der Waals surface area contributed by atoms with Gasteiger partial charge < -0.3 is 14.4 Å². The summed E-state index contributed by atoms with van der Waals surface area (Å²) in [5.74, 6) is 0.0199. The first-order valence-electron chi connectivity index (χ1n) is 7.81. The number of carbonyl (C=O) groups excluding carboxylic acids is 1. The van der Waals surface area contributed by atoms with Gasteiger partial charge in [-0.1, -0.05) is 0 Å². The van der Waals surface area contributed by atoms with Crippen LogP contribution < -0.4 is 0 Å². The summed E-state index contributed by atoms with van der Waals surface area (Å²) in [5, 5.41) is 2.88. The van der Waals surface area contributed by atoms with Crippen LogP contribution in [0.5, 0.6) is 0 Å². The van der Waals surface area contributed by atoms with Crippen LogP contribution in [0.25, 0.3) is 0 Å². The van der Waals surface area contributed by atoms with Gasteiger partial charge in [0, 0.05) is 31.6 Å².